The molecule has 0 fully saturated rings. The molecule has 624 valence electrons. The summed E-state index contributed by atoms with van der Waals surface area (Å²) in [6, 6.07) is 0. The van der Waals surface area contributed by atoms with Gasteiger partial charge >= 0.3 is 39.5 Å². The topological polar surface area (TPSA) is 237 Å². The van der Waals surface area contributed by atoms with Crippen LogP contribution in [-0.4, -0.2) is 96.7 Å². The predicted molar refractivity (Wildman–Crippen MR) is 432 cm³/mol. The van der Waals surface area contributed by atoms with E-state index in [0.717, 1.165) is 102 Å². The van der Waals surface area contributed by atoms with Crippen LogP contribution in [0.5, 0.6) is 0 Å². The van der Waals surface area contributed by atoms with Crippen molar-refractivity contribution in [2.45, 2.75) is 477 Å². The molecule has 0 saturated heterocycles. The quantitative estimate of drug-likeness (QED) is 0.0222. The third-order valence-electron chi connectivity index (χ3n) is 20.2. The van der Waals surface area contributed by atoms with Gasteiger partial charge in [-0.1, -0.05) is 408 Å². The third kappa shape index (κ3) is 79.9. The molecule has 0 aromatic heterocycles. The van der Waals surface area contributed by atoms with E-state index in [1.807, 2.05) is 0 Å². The molecular formula is C86H168O17P2. The van der Waals surface area contributed by atoms with Crippen molar-refractivity contribution in [3.05, 3.63) is 0 Å². The maximum atomic E-state index is 13.1. The van der Waals surface area contributed by atoms with E-state index in [0.29, 0.717) is 25.7 Å². The zero-order chi connectivity index (χ0) is 77.1. The first-order valence-electron chi connectivity index (χ1n) is 44.5. The SMILES string of the molecule is CCCCCCCCCCCCCCCCCC(=O)O[C@H](COC(=O)CCCCCCCCCCCCCCC)COP(=O)(O)OC[C@H](O)COP(=O)(O)OC[C@@H](COC(=O)CCCCCCCCCCCCCCCC(C)C)OC(=O)CCCCCCCCCCCCCCCCCCCCC(C)C. The number of hydrogen-bond donors (Lipinski definition) is 3. The molecule has 105 heavy (non-hydrogen) atoms. The monoisotopic (exact) mass is 1540 g/mol. The summed E-state index contributed by atoms with van der Waals surface area (Å²) in [5.74, 6) is -0.487. The first-order valence-corrected chi connectivity index (χ1v) is 47.5. The number of ether oxygens (including phenoxy) is 4. The summed E-state index contributed by atoms with van der Waals surface area (Å²) in [7, 11) is -9.93. The molecule has 0 amide bonds. The zero-order valence-electron chi connectivity index (χ0n) is 69.0. The van der Waals surface area contributed by atoms with Crippen molar-refractivity contribution in [1.82, 2.24) is 0 Å². The lowest BCUT2D eigenvalue weighted by Crippen LogP contribution is -2.30. The summed E-state index contributed by atoms with van der Waals surface area (Å²) in [6.45, 7) is 9.74. The fourth-order valence-electron chi connectivity index (χ4n) is 13.4. The molecule has 0 radical (unpaired) electrons. The second kappa shape index (κ2) is 77.4. The average molecular weight is 1540 g/mol. The highest BCUT2D eigenvalue weighted by Gasteiger charge is 2.30. The Kier molecular flexibility index (Phi) is 76.0. The van der Waals surface area contributed by atoms with Crippen LogP contribution in [0.4, 0.5) is 0 Å². The lowest BCUT2D eigenvalue weighted by molar-refractivity contribution is -0.161. The second-order valence-corrected chi connectivity index (χ2v) is 34.8. The van der Waals surface area contributed by atoms with Crippen LogP contribution in [0.3, 0.4) is 0 Å². The Hall–Kier alpha value is -1.94. The molecule has 0 heterocycles. The van der Waals surface area contributed by atoms with E-state index < -0.39 is 97.5 Å². The summed E-state index contributed by atoms with van der Waals surface area (Å²) in [4.78, 5) is 73.3. The molecule has 0 aromatic rings. The molecule has 5 atom stereocenters. The summed E-state index contributed by atoms with van der Waals surface area (Å²) >= 11 is 0. The molecule has 0 saturated carbocycles. The maximum Gasteiger partial charge on any atom is 0.472 e. The van der Waals surface area contributed by atoms with Crippen molar-refractivity contribution >= 4 is 39.5 Å². The summed E-state index contributed by atoms with van der Waals surface area (Å²) in [5, 5.41) is 10.7. The van der Waals surface area contributed by atoms with Crippen molar-refractivity contribution in [1.29, 1.82) is 0 Å². The fraction of sp³-hybridized carbons (Fsp3) is 0.953. The Balaban J connectivity index is 5.25. The highest BCUT2D eigenvalue weighted by Crippen LogP contribution is 2.45. The molecule has 17 nitrogen and oxygen atoms in total. The van der Waals surface area contributed by atoms with Crippen molar-refractivity contribution in [3.63, 3.8) is 0 Å². The number of rotatable bonds is 85. The van der Waals surface area contributed by atoms with E-state index in [9.17, 15) is 43.2 Å². The number of carbonyl (C=O) groups excluding carboxylic acids is 4. The number of unbranched alkanes of at least 4 members (excludes halogenated alkanes) is 55. The standard InChI is InChI=1S/C86H168O17P2/c1-7-9-11-13-15-17-19-21-26-33-40-46-52-58-64-70-85(90)102-81(74-96-83(88)68-62-56-50-44-38-30-20-18-16-14-12-10-8-2)76-100-104(92,93)98-72-80(87)73-99-105(94,95)101-77-82(75-97-84(89)69-63-57-51-45-39-35-29-32-37-43-49-55-61-67-79(5)6)103-86(91)71-65-59-53-47-41-34-28-25-23-22-24-27-31-36-42-48-54-60-66-78(3)4/h78-82,87H,7-77H2,1-6H3,(H,92,93)(H,94,95)/t80-,81+,82+/m0/s1. The van der Waals surface area contributed by atoms with Gasteiger partial charge in [-0.3, -0.25) is 37.3 Å². The van der Waals surface area contributed by atoms with E-state index in [2.05, 4.69) is 41.5 Å². The molecular weight excluding hydrogens is 1370 g/mol. The smallest absolute Gasteiger partial charge is 0.462 e. The molecule has 0 bridgehead atoms. The molecule has 19 heteroatoms. The van der Waals surface area contributed by atoms with Gasteiger partial charge in [-0.25, -0.2) is 9.13 Å². The van der Waals surface area contributed by atoms with Gasteiger partial charge in [-0.05, 0) is 37.5 Å². The van der Waals surface area contributed by atoms with Crippen LogP contribution >= 0.6 is 15.6 Å². The lowest BCUT2D eigenvalue weighted by Gasteiger charge is -2.21. The Morgan fingerprint density at radius 2 is 0.438 bits per heavy atom. The van der Waals surface area contributed by atoms with Crippen LogP contribution < -0.4 is 0 Å². The first kappa shape index (κ1) is 103. The summed E-state index contributed by atoms with van der Waals surface area (Å²) < 4.78 is 68.9. The Morgan fingerprint density at radius 3 is 0.648 bits per heavy atom. The minimum atomic E-state index is -4.97. The molecule has 0 aliphatic rings. The van der Waals surface area contributed by atoms with E-state index in [1.54, 1.807) is 0 Å². The van der Waals surface area contributed by atoms with Crippen molar-refractivity contribution in [3.8, 4) is 0 Å². The van der Waals surface area contributed by atoms with E-state index in [1.165, 1.54) is 276 Å². The lowest BCUT2D eigenvalue weighted by atomic mass is 10.0. The van der Waals surface area contributed by atoms with Crippen LogP contribution in [0, 0.1) is 11.8 Å². The third-order valence-corrected chi connectivity index (χ3v) is 22.1. The fourth-order valence-corrected chi connectivity index (χ4v) is 15.0. The number of phosphoric ester groups is 2. The Labute approximate surface area is 645 Å². The minimum Gasteiger partial charge on any atom is -0.462 e. The normalized spacial score (nSPS) is 13.8. The van der Waals surface area contributed by atoms with Crippen LogP contribution in [0.1, 0.15) is 459 Å². The van der Waals surface area contributed by atoms with Crippen LogP contribution in [0.2, 0.25) is 0 Å². The summed E-state index contributed by atoms with van der Waals surface area (Å²) in [5.41, 5.74) is 0. The van der Waals surface area contributed by atoms with Crippen LogP contribution in [-0.2, 0) is 65.4 Å². The number of hydrogen-bond acceptors (Lipinski definition) is 15. The molecule has 0 rings (SSSR count). The molecule has 3 N–H and O–H groups in total. The van der Waals surface area contributed by atoms with Gasteiger partial charge in [0.15, 0.2) is 12.2 Å². The molecule has 0 aromatic carbocycles. The van der Waals surface area contributed by atoms with E-state index in [4.69, 9.17) is 37.0 Å². The number of carbonyl (C=O) groups is 4. The number of phosphoric acid groups is 2. The van der Waals surface area contributed by atoms with Gasteiger partial charge in [0.05, 0.1) is 26.4 Å². The number of aliphatic hydroxyl groups is 1. The van der Waals surface area contributed by atoms with E-state index >= 15 is 0 Å². The second-order valence-electron chi connectivity index (χ2n) is 31.9. The minimum absolute atomic E-state index is 0.109. The maximum absolute atomic E-state index is 13.1. The van der Waals surface area contributed by atoms with Gasteiger partial charge in [0.2, 0.25) is 0 Å². The van der Waals surface area contributed by atoms with Gasteiger partial charge in [0, 0.05) is 25.7 Å². The Morgan fingerprint density at radius 1 is 0.257 bits per heavy atom. The van der Waals surface area contributed by atoms with Crippen LogP contribution in [0.25, 0.3) is 0 Å². The van der Waals surface area contributed by atoms with Gasteiger partial charge in [0.25, 0.3) is 0 Å². The van der Waals surface area contributed by atoms with Gasteiger partial charge in [-0.2, -0.15) is 0 Å². The van der Waals surface area contributed by atoms with E-state index in [-0.39, 0.29) is 25.7 Å². The van der Waals surface area contributed by atoms with Crippen molar-refractivity contribution < 1.29 is 80.2 Å². The van der Waals surface area contributed by atoms with Crippen molar-refractivity contribution in [2.75, 3.05) is 39.6 Å². The molecule has 0 spiro atoms. The highest BCUT2D eigenvalue weighted by atomic mass is 31.2. The predicted octanol–water partition coefficient (Wildman–Crippen LogP) is 26.2. The molecule has 0 aliphatic carbocycles. The first-order chi connectivity index (χ1) is 50.9. The number of aliphatic hydroxyl groups excluding tert-OH is 1. The Bertz CT molecular complexity index is 2010. The largest absolute Gasteiger partial charge is 0.472 e. The highest BCUT2D eigenvalue weighted by molar-refractivity contribution is 7.47. The van der Waals surface area contributed by atoms with Gasteiger partial charge in [-0.15, -0.1) is 0 Å². The van der Waals surface area contributed by atoms with Crippen molar-refractivity contribution in [2.24, 2.45) is 11.8 Å². The van der Waals surface area contributed by atoms with Gasteiger partial charge < -0.3 is 33.8 Å². The van der Waals surface area contributed by atoms with Gasteiger partial charge in [0.1, 0.15) is 19.3 Å². The van der Waals surface area contributed by atoms with Crippen LogP contribution in [0.15, 0.2) is 0 Å². The molecule has 2 unspecified atom stereocenters. The molecule has 0 aliphatic heterocycles. The summed E-state index contributed by atoms with van der Waals surface area (Å²) in [6.07, 6.45) is 69.3. The average Bonchev–Trinajstić information content (AvgIpc) is 0.932. The zero-order valence-corrected chi connectivity index (χ0v) is 70.8. The number of esters is 4.